The van der Waals surface area contributed by atoms with Gasteiger partial charge in [0.2, 0.25) is 0 Å². The number of anilines is 1. The molecule has 0 atom stereocenters. The average Bonchev–Trinajstić information content (AvgIpc) is 3.34. The van der Waals surface area contributed by atoms with E-state index in [4.69, 9.17) is 0 Å². The zero-order valence-corrected chi connectivity index (χ0v) is 20.8. The van der Waals surface area contributed by atoms with Gasteiger partial charge in [-0.25, -0.2) is 27.5 Å². The fourth-order valence-corrected chi connectivity index (χ4v) is 5.04. The number of hydrogen-bond donors (Lipinski definition) is 3. The van der Waals surface area contributed by atoms with E-state index in [0.717, 1.165) is 16.2 Å². The molecule has 3 heterocycles. The summed E-state index contributed by atoms with van der Waals surface area (Å²) < 4.78 is 55.8. The third-order valence-corrected chi connectivity index (χ3v) is 6.94. The third kappa shape index (κ3) is 5.77. The Hall–Kier alpha value is -2.80. The quantitative estimate of drug-likeness (QED) is 0.487. The molecule has 0 spiro atoms. The summed E-state index contributed by atoms with van der Waals surface area (Å²) in [6, 6.07) is 0.885. The molecule has 8 nitrogen and oxygen atoms in total. The Morgan fingerprint density at radius 2 is 1.97 bits per heavy atom. The predicted octanol–water partition coefficient (Wildman–Crippen LogP) is 4.09. The van der Waals surface area contributed by atoms with Crippen LogP contribution in [0.25, 0.3) is 10.4 Å². The second kappa shape index (κ2) is 9.58. The first-order chi connectivity index (χ1) is 16.7. The highest BCUT2D eigenvalue weighted by Crippen LogP contribution is 2.39. The molecule has 3 N–H and O–H groups in total. The van der Waals surface area contributed by atoms with E-state index in [9.17, 15) is 32.3 Å². The number of rotatable bonds is 6. The van der Waals surface area contributed by atoms with Crippen molar-refractivity contribution < 1.29 is 32.3 Å². The Kier molecular flexibility index (Phi) is 6.99. The average molecular weight is 530 g/mol. The molecule has 2 aromatic rings. The van der Waals surface area contributed by atoms with E-state index in [1.54, 1.807) is 0 Å². The highest BCUT2D eigenvalue weighted by atomic mass is 32.1. The molecule has 2 aromatic heterocycles. The Morgan fingerprint density at radius 1 is 1.28 bits per heavy atom. The van der Waals surface area contributed by atoms with Gasteiger partial charge in [-0.1, -0.05) is 0 Å². The second-order valence-corrected chi connectivity index (χ2v) is 11.2. The zero-order chi connectivity index (χ0) is 26.4. The summed E-state index contributed by atoms with van der Waals surface area (Å²) in [5.74, 6) is -4.37. The molecule has 0 aromatic carbocycles. The van der Waals surface area contributed by atoms with Crippen LogP contribution in [0.1, 0.15) is 72.3 Å². The lowest BCUT2D eigenvalue weighted by atomic mass is 9.89. The van der Waals surface area contributed by atoms with Gasteiger partial charge < -0.3 is 20.6 Å². The van der Waals surface area contributed by atoms with E-state index < -0.39 is 54.3 Å². The van der Waals surface area contributed by atoms with Crippen molar-refractivity contribution in [1.29, 1.82) is 0 Å². The number of nitrogens with zero attached hydrogens (tertiary/aromatic N) is 3. The largest absolute Gasteiger partial charge is 0.393 e. The normalized spacial score (nSPS) is 21.4. The molecule has 1 aliphatic heterocycles. The number of hydrogen-bond acceptors (Lipinski definition) is 7. The van der Waals surface area contributed by atoms with Crippen LogP contribution in [0.5, 0.6) is 0 Å². The van der Waals surface area contributed by atoms with E-state index >= 15 is 0 Å². The molecule has 1 saturated carbocycles. The lowest BCUT2D eigenvalue weighted by Gasteiger charge is -2.31. The molecule has 0 bridgehead atoms. The molecule has 2 aliphatic rings. The number of carbonyl (C=O) groups is 2. The van der Waals surface area contributed by atoms with Gasteiger partial charge in [-0.2, -0.15) is 0 Å². The number of alkyl halides is 4. The highest BCUT2D eigenvalue weighted by molar-refractivity contribution is 7.17. The van der Waals surface area contributed by atoms with Gasteiger partial charge in [0.25, 0.3) is 24.2 Å². The van der Waals surface area contributed by atoms with Crippen LogP contribution >= 0.6 is 11.3 Å². The van der Waals surface area contributed by atoms with Crippen LogP contribution in [0.3, 0.4) is 0 Å². The fraction of sp³-hybridized carbons (Fsp3) is 0.565. The summed E-state index contributed by atoms with van der Waals surface area (Å²) >= 11 is 0.721. The Balaban J connectivity index is 1.74. The summed E-state index contributed by atoms with van der Waals surface area (Å²) in [6.45, 7) is 4.46. The van der Waals surface area contributed by atoms with Crippen molar-refractivity contribution in [3.8, 4) is 10.4 Å². The number of halogens is 4. The van der Waals surface area contributed by atoms with Crippen LogP contribution in [0.15, 0.2) is 12.3 Å². The van der Waals surface area contributed by atoms with Crippen molar-refractivity contribution in [1.82, 2.24) is 20.2 Å². The number of aliphatic hydroxyl groups excluding tert-OH is 1. The first-order valence-corrected chi connectivity index (χ1v) is 12.3. The Bertz CT molecular complexity index is 1160. The van der Waals surface area contributed by atoms with Gasteiger partial charge >= 0.3 is 0 Å². The van der Waals surface area contributed by atoms with Gasteiger partial charge in [-0.15, -0.1) is 11.3 Å². The smallest absolute Gasteiger partial charge is 0.280 e. The lowest BCUT2D eigenvalue weighted by molar-refractivity contribution is 0.0119. The van der Waals surface area contributed by atoms with E-state index in [1.165, 1.54) is 12.3 Å². The van der Waals surface area contributed by atoms with Crippen molar-refractivity contribution in [3.05, 3.63) is 28.5 Å². The molecule has 2 fully saturated rings. The topological polar surface area (TPSA) is 107 Å². The maximum Gasteiger partial charge on any atom is 0.280 e. The van der Waals surface area contributed by atoms with E-state index in [-0.39, 0.29) is 39.5 Å². The fourth-order valence-electron chi connectivity index (χ4n) is 4.05. The minimum absolute atomic E-state index is 0.0425. The van der Waals surface area contributed by atoms with Crippen LogP contribution in [-0.2, 0) is 0 Å². The summed E-state index contributed by atoms with van der Waals surface area (Å²) in [5, 5.41) is 15.0. The maximum atomic E-state index is 14.1. The number of aliphatic hydroxyl groups is 1. The predicted molar refractivity (Wildman–Crippen MR) is 126 cm³/mol. The highest BCUT2D eigenvalue weighted by Gasteiger charge is 2.42. The zero-order valence-electron chi connectivity index (χ0n) is 19.9. The van der Waals surface area contributed by atoms with Crippen LogP contribution < -0.4 is 10.6 Å². The first kappa shape index (κ1) is 26.3. The van der Waals surface area contributed by atoms with Gasteiger partial charge in [-0.05, 0) is 39.7 Å². The molecule has 0 unspecified atom stereocenters. The number of aromatic nitrogens is 2. The number of amides is 2. The molecule has 0 radical (unpaired) electrons. The van der Waals surface area contributed by atoms with E-state index in [0.29, 0.717) is 12.8 Å². The van der Waals surface area contributed by atoms with Crippen LogP contribution in [-0.4, -0.2) is 68.5 Å². The number of nitrogens with one attached hydrogen (secondary N) is 2. The lowest BCUT2D eigenvalue weighted by Crippen LogP contribution is -2.46. The molecule has 36 heavy (non-hydrogen) atoms. The number of likely N-dealkylation sites (tertiary alicyclic amines) is 1. The summed E-state index contributed by atoms with van der Waals surface area (Å²) in [7, 11) is 0. The number of thiazole rings is 1. The standard InChI is InChI=1S/C23H27F4N5O3S/c1-22(2,3)31-15-8-13(18(24)25)14(9-28-15)17-16(21(35)32-5-4-23(26,27)10-32)30-20(36-17)19(34)29-11-6-12(33)7-11/h8-9,11-12,18,33H,4-7,10H2,1-3H3,(H,28,31)(H,29,34)/t11-,12-. The summed E-state index contributed by atoms with van der Waals surface area (Å²) in [4.78, 5) is 35.1. The van der Waals surface area contributed by atoms with Crippen molar-refractivity contribution >= 4 is 29.0 Å². The molecule has 1 saturated heterocycles. The van der Waals surface area contributed by atoms with Gasteiger partial charge in [0.15, 0.2) is 5.01 Å². The molecule has 1 aliphatic carbocycles. The van der Waals surface area contributed by atoms with Crippen molar-refractivity contribution in [2.75, 3.05) is 18.4 Å². The Labute approximate surface area is 209 Å². The molecule has 196 valence electrons. The van der Waals surface area contributed by atoms with Crippen LogP contribution in [0.2, 0.25) is 0 Å². The van der Waals surface area contributed by atoms with Gasteiger partial charge in [0, 0.05) is 41.9 Å². The third-order valence-electron chi connectivity index (χ3n) is 5.85. The SMILES string of the molecule is CC(C)(C)Nc1cc(C(F)F)c(-c2sc(C(=O)N[C@H]3C[C@H](O)C3)nc2C(=O)N2CCC(F)(F)C2)cn1. The van der Waals surface area contributed by atoms with Gasteiger partial charge in [0.05, 0.1) is 17.5 Å². The molecule has 4 rings (SSSR count). The monoisotopic (exact) mass is 529 g/mol. The number of carbonyl (C=O) groups excluding carboxylic acids is 2. The molecular weight excluding hydrogens is 502 g/mol. The maximum absolute atomic E-state index is 14.1. The summed E-state index contributed by atoms with van der Waals surface area (Å²) in [6.07, 6.45) is -2.09. The molecule has 13 heteroatoms. The van der Waals surface area contributed by atoms with Crippen molar-refractivity contribution in [2.45, 2.75) is 70.1 Å². The van der Waals surface area contributed by atoms with Crippen molar-refractivity contribution in [2.24, 2.45) is 0 Å². The van der Waals surface area contributed by atoms with Crippen LogP contribution in [0, 0.1) is 0 Å². The number of pyridine rings is 1. The van der Waals surface area contributed by atoms with Gasteiger partial charge in [-0.3, -0.25) is 9.59 Å². The van der Waals surface area contributed by atoms with Crippen LogP contribution in [0.4, 0.5) is 23.4 Å². The Morgan fingerprint density at radius 3 is 2.53 bits per heavy atom. The minimum Gasteiger partial charge on any atom is -0.393 e. The molecular formula is C23H27F4N5O3S. The van der Waals surface area contributed by atoms with E-state index in [2.05, 4.69) is 20.6 Å². The molecule has 2 amide bonds. The minimum atomic E-state index is -3.06. The second-order valence-electron chi connectivity index (χ2n) is 10.2. The van der Waals surface area contributed by atoms with Crippen molar-refractivity contribution in [3.63, 3.8) is 0 Å². The van der Waals surface area contributed by atoms with Gasteiger partial charge in [0.1, 0.15) is 11.5 Å². The first-order valence-electron chi connectivity index (χ1n) is 11.5. The summed E-state index contributed by atoms with van der Waals surface area (Å²) in [5.41, 5.74) is -1.35. The van der Waals surface area contributed by atoms with E-state index in [1.807, 2.05) is 20.8 Å².